The van der Waals surface area contributed by atoms with E-state index in [0.29, 0.717) is 43.5 Å². The minimum Gasteiger partial charge on any atom is -0.338 e. The quantitative estimate of drug-likeness (QED) is 0.822. The number of halogens is 2. The van der Waals surface area contributed by atoms with Crippen molar-refractivity contribution in [1.29, 1.82) is 0 Å². The molecule has 2 fully saturated rings. The van der Waals surface area contributed by atoms with E-state index in [1.165, 1.54) is 18.9 Å². The molecule has 0 spiro atoms. The third kappa shape index (κ3) is 3.94. The summed E-state index contributed by atoms with van der Waals surface area (Å²) in [5.74, 6) is -0.394. The molecule has 0 bridgehead atoms. The van der Waals surface area contributed by atoms with Crippen LogP contribution in [0.5, 0.6) is 0 Å². The van der Waals surface area contributed by atoms with Crippen LogP contribution in [-0.4, -0.2) is 41.4 Å². The van der Waals surface area contributed by atoms with Crippen LogP contribution >= 0.6 is 0 Å². The number of hydrogen-bond acceptors (Lipinski definition) is 2. The lowest BCUT2D eigenvalue weighted by molar-refractivity contribution is -0.133. The summed E-state index contributed by atoms with van der Waals surface area (Å²) in [6, 6.07) is 4.43. The number of amides is 1. The monoisotopic (exact) mass is 336 g/mol. The van der Waals surface area contributed by atoms with Crippen LogP contribution < -0.4 is 0 Å². The first-order valence-corrected chi connectivity index (χ1v) is 8.90. The van der Waals surface area contributed by atoms with Gasteiger partial charge >= 0.3 is 0 Å². The highest BCUT2D eigenvalue weighted by Crippen LogP contribution is 2.32. The number of benzene rings is 1. The second-order valence-electron chi connectivity index (χ2n) is 7.50. The molecular formula is C19H26F2N2O. The lowest BCUT2D eigenvalue weighted by atomic mass is 10.0. The van der Waals surface area contributed by atoms with Crippen LogP contribution in [0.15, 0.2) is 18.2 Å². The topological polar surface area (TPSA) is 23.6 Å². The summed E-state index contributed by atoms with van der Waals surface area (Å²) < 4.78 is 27.4. The Balaban J connectivity index is 1.75. The van der Waals surface area contributed by atoms with E-state index < -0.39 is 11.6 Å². The smallest absolute Gasteiger partial charge is 0.224 e. The van der Waals surface area contributed by atoms with Gasteiger partial charge < -0.3 is 4.90 Å². The maximum absolute atomic E-state index is 14.0. The molecule has 3 rings (SSSR count). The fraction of sp³-hybridized carbons (Fsp3) is 0.632. The number of hydrogen-bond donors (Lipinski definition) is 0. The van der Waals surface area contributed by atoms with Gasteiger partial charge in [-0.3, -0.25) is 9.69 Å². The van der Waals surface area contributed by atoms with Crippen LogP contribution in [0.4, 0.5) is 8.78 Å². The lowest BCUT2D eigenvalue weighted by Gasteiger charge is -2.35. The second kappa shape index (κ2) is 7.18. The molecule has 1 atom stereocenters. The molecule has 1 saturated heterocycles. The zero-order valence-corrected chi connectivity index (χ0v) is 14.5. The standard InChI is InChI=1S/C19H26F2N2O/c1-13(2)17-12-22(11-15-4-3-5-16(20)19(15)21)9-8-18(24)23(17)10-14-6-7-14/h3-5,13-14,17H,6-12H2,1-2H3. The average Bonchev–Trinajstić information content (AvgIpc) is 3.36. The first-order valence-electron chi connectivity index (χ1n) is 8.90. The Labute approximate surface area is 142 Å². The van der Waals surface area contributed by atoms with E-state index >= 15 is 0 Å². The van der Waals surface area contributed by atoms with Crippen LogP contribution in [-0.2, 0) is 11.3 Å². The minimum atomic E-state index is -0.811. The Hall–Kier alpha value is -1.49. The van der Waals surface area contributed by atoms with E-state index in [-0.39, 0.29) is 11.9 Å². The van der Waals surface area contributed by atoms with E-state index in [9.17, 15) is 13.6 Å². The third-order valence-corrected chi connectivity index (χ3v) is 5.15. The summed E-state index contributed by atoms with van der Waals surface area (Å²) in [5.41, 5.74) is 0.362. The van der Waals surface area contributed by atoms with Crippen molar-refractivity contribution in [3.8, 4) is 0 Å². The maximum atomic E-state index is 14.0. The number of nitrogens with zero attached hydrogens (tertiary/aromatic N) is 2. The van der Waals surface area contributed by atoms with Gasteiger partial charge in [-0.2, -0.15) is 0 Å². The summed E-state index contributed by atoms with van der Waals surface area (Å²) in [5, 5.41) is 0. The maximum Gasteiger partial charge on any atom is 0.224 e. The Bertz CT molecular complexity index is 601. The van der Waals surface area contributed by atoms with E-state index in [1.807, 2.05) is 4.90 Å². The van der Waals surface area contributed by atoms with Gasteiger partial charge in [0.05, 0.1) is 0 Å². The van der Waals surface area contributed by atoms with Gasteiger partial charge in [-0.25, -0.2) is 8.78 Å². The molecule has 1 aromatic rings. The zero-order chi connectivity index (χ0) is 17.3. The van der Waals surface area contributed by atoms with Crippen molar-refractivity contribution < 1.29 is 13.6 Å². The van der Waals surface area contributed by atoms with Crippen molar-refractivity contribution in [2.24, 2.45) is 11.8 Å². The Morgan fingerprint density at radius 3 is 2.67 bits per heavy atom. The normalized spacial score (nSPS) is 23.0. The van der Waals surface area contributed by atoms with Crippen LogP contribution in [0.25, 0.3) is 0 Å². The van der Waals surface area contributed by atoms with Gasteiger partial charge in [0.2, 0.25) is 5.91 Å². The van der Waals surface area contributed by atoms with Crippen molar-refractivity contribution in [3.63, 3.8) is 0 Å². The summed E-state index contributed by atoms with van der Waals surface area (Å²) in [6.45, 7) is 6.76. The Kier molecular flexibility index (Phi) is 5.18. The fourth-order valence-corrected chi connectivity index (χ4v) is 3.48. The van der Waals surface area contributed by atoms with Gasteiger partial charge in [0.25, 0.3) is 0 Å². The van der Waals surface area contributed by atoms with E-state index in [4.69, 9.17) is 0 Å². The van der Waals surface area contributed by atoms with Gasteiger partial charge in [-0.05, 0) is 30.7 Å². The molecule has 0 radical (unpaired) electrons. The predicted octanol–water partition coefficient (Wildman–Crippen LogP) is 3.43. The van der Waals surface area contributed by atoms with Gasteiger partial charge in [0, 0.05) is 44.2 Å². The highest BCUT2D eigenvalue weighted by molar-refractivity contribution is 5.77. The van der Waals surface area contributed by atoms with E-state index in [2.05, 4.69) is 18.7 Å². The van der Waals surface area contributed by atoms with Crippen molar-refractivity contribution in [1.82, 2.24) is 9.80 Å². The van der Waals surface area contributed by atoms with Gasteiger partial charge in [0.15, 0.2) is 11.6 Å². The highest BCUT2D eigenvalue weighted by Gasteiger charge is 2.35. The molecule has 132 valence electrons. The molecule has 1 aliphatic carbocycles. The zero-order valence-electron chi connectivity index (χ0n) is 14.5. The minimum absolute atomic E-state index is 0.136. The van der Waals surface area contributed by atoms with Crippen LogP contribution in [0.3, 0.4) is 0 Å². The summed E-state index contributed by atoms with van der Waals surface area (Å²) in [6.07, 6.45) is 2.88. The largest absolute Gasteiger partial charge is 0.338 e. The van der Waals surface area contributed by atoms with Crippen molar-refractivity contribution in [3.05, 3.63) is 35.4 Å². The SMILES string of the molecule is CC(C)C1CN(Cc2cccc(F)c2F)CCC(=O)N1CC1CC1. The molecule has 1 saturated carbocycles. The molecule has 1 heterocycles. The van der Waals surface area contributed by atoms with E-state index in [0.717, 1.165) is 12.6 Å². The van der Waals surface area contributed by atoms with Crippen LogP contribution in [0.1, 0.15) is 38.7 Å². The molecule has 1 amide bonds. The van der Waals surface area contributed by atoms with Crippen molar-refractivity contribution in [2.75, 3.05) is 19.6 Å². The Morgan fingerprint density at radius 1 is 1.25 bits per heavy atom. The first-order chi connectivity index (χ1) is 11.5. The second-order valence-corrected chi connectivity index (χ2v) is 7.50. The average molecular weight is 336 g/mol. The molecular weight excluding hydrogens is 310 g/mol. The molecule has 1 aliphatic heterocycles. The molecule has 1 unspecified atom stereocenters. The fourth-order valence-electron chi connectivity index (χ4n) is 3.48. The first kappa shape index (κ1) is 17.3. The molecule has 1 aromatic carbocycles. The number of carbonyl (C=O) groups is 1. The summed E-state index contributed by atoms with van der Waals surface area (Å²) in [4.78, 5) is 16.7. The van der Waals surface area contributed by atoms with Crippen molar-refractivity contribution >= 4 is 5.91 Å². The number of rotatable bonds is 5. The van der Waals surface area contributed by atoms with Gasteiger partial charge in [-0.15, -0.1) is 0 Å². The molecule has 2 aliphatic rings. The van der Waals surface area contributed by atoms with Gasteiger partial charge in [-0.1, -0.05) is 26.0 Å². The molecule has 0 aromatic heterocycles. The number of carbonyl (C=O) groups excluding carboxylic acids is 1. The molecule has 0 N–H and O–H groups in total. The van der Waals surface area contributed by atoms with Gasteiger partial charge in [0.1, 0.15) is 0 Å². The van der Waals surface area contributed by atoms with Crippen LogP contribution in [0, 0.1) is 23.5 Å². The summed E-state index contributed by atoms with van der Waals surface area (Å²) in [7, 11) is 0. The third-order valence-electron chi connectivity index (χ3n) is 5.15. The summed E-state index contributed by atoms with van der Waals surface area (Å²) >= 11 is 0. The Morgan fingerprint density at radius 2 is 2.00 bits per heavy atom. The van der Waals surface area contributed by atoms with E-state index in [1.54, 1.807) is 6.07 Å². The molecule has 24 heavy (non-hydrogen) atoms. The van der Waals surface area contributed by atoms with Crippen LogP contribution in [0.2, 0.25) is 0 Å². The molecule has 3 nitrogen and oxygen atoms in total. The molecule has 5 heteroatoms. The highest BCUT2D eigenvalue weighted by atomic mass is 19.2. The lowest BCUT2D eigenvalue weighted by Crippen LogP contribution is -2.47. The predicted molar refractivity (Wildman–Crippen MR) is 89.3 cm³/mol. The van der Waals surface area contributed by atoms with Crippen molar-refractivity contribution in [2.45, 2.75) is 45.7 Å².